The van der Waals surface area contributed by atoms with Gasteiger partial charge in [0.15, 0.2) is 0 Å². The van der Waals surface area contributed by atoms with Gasteiger partial charge >= 0.3 is 0 Å². The predicted octanol–water partition coefficient (Wildman–Crippen LogP) is 5.08. The maximum Gasteiger partial charge on any atom is 0.125 e. The molecule has 1 nitrogen and oxygen atoms in total. The van der Waals surface area contributed by atoms with Crippen molar-refractivity contribution >= 4 is 8.07 Å². The number of hydrogen-bond donors (Lipinski definition) is 0. The highest BCUT2D eigenvalue weighted by Crippen LogP contribution is 2.32. The molecule has 0 fully saturated rings. The highest BCUT2D eigenvalue weighted by molar-refractivity contribution is 6.83. The Hall–Kier alpha value is -1.54. The summed E-state index contributed by atoms with van der Waals surface area (Å²) < 4.78 is 5.95. The average molecular weight is 299 g/mol. The smallest absolute Gasteiger partial charge is 0.125 e. The second kappa shape index (κ2) is 6.48. The lowest BCUT2D eigenvalue weighted by Crippen LogP contribution is -2.32. The molecule has 1 aromatic rings. The number of hydrogen-bond acceptors (Lipinski definition) is 1. The van der Waals surface area contributed by atoms with E-state index < -0.39 is 8.07 Å². The molecule has 21 heavy (non-hydrogen) atoms. The van der Waals surface area contributed by atoms with Crippen molar-refractivity contribution in [2.45, 2.75) is 39.4 Å². The van der Waals surface area contributed by atoms with Crippen LogP contribution < -0.4 is 4.74 Å². The first-order valence-corrected chi connectivity index (χ1v) is 10.8. The SMILES string of the molecule is C=CCOc1c(C)cc(C)cc1C[Si](C)(C)C1=CC=CC1. The largest absolute Gasteiger partial charge is 0.489 e. The van der Waals surface area contributed by atoms with Gasteiger partial charge in [0.2, 0.25) is 0 Å². The zero-order valence-corrected chi connectivity index (χ0v) is 14.7. The van der Waals surface area contributed by atoms with Crippen LogP contribution in [-0.4, -0.2) is 14.7 Å². The Labute approximate surface area is 130 Å². The van der Waals surface area contributed by atoms with E-state index in [9.17, 15) is 0 Å². The molecular formula is C19H26OSi. The van der Waals surface area contributed by atoms with Gasteiger partial charge in [-0.2, -0.15) is 0 Å². The van der Waals surface area contributed by atoms with Gasteiger partial charge < -0.3 is 4.74 Å². The van der Waals surface area contributed by atoms with E-state index in [1.807, 2.05) is 6.08 Å². The first-order chi connectivity index (χ1) is 9.94. The lowest BCUT2D eigenvalue weighted by Gasteiger charge is -2.26. The van der Waals surface area contributed by atoms with Crippen LogP contribution in [0.15, 0.2) is 48.2 Å². The Morgan fingerprint density at radius 2 is 2.05 bits per heavy atom. The molecule has 0 spiro atoms. The molecule has 1 aromatic carbocycles. The van der Waals surface area contributed by atoms with Gasteiger partial charge in [0.25, 0.3) is 0 Å². The van der Waals surface area contributed by atoms with E-state index in [1.165, 1.54) is 16.7 Å². The summed E-state index contributed by atoms with van der Waals surface area (Å²) in [6, 6.07) is 5.63. The van der Waals surface area contributed by atoms with E-state index in [0.29, 0.717) is 6.61 Å². The molecule has 0 heterocycles. The Morgan fingerprint density at radius 3 is 2.67 bits per heavy atom. The fourth-order valence-corrected chi connectivity index (χ4v) is 5.72. The molecule has 2 rings (SSSR count). The zero-order valence-electron chi connectivity index (χ0n) is 13.7. The molecule has 112 valence electrons. The van der Waals surface area contributed by atoms with E-state index >= 15 is 0 Å². The minimum atomic E-state index is -1.43. The summed E-state index contributed by atoms with van der Waals surface area (Å²) in [5.41, 5.74) is 3.91. The fraction of sp³-hybridized carbons (Fsp3) is 0.368. The van der Waals surface area contributed by atoms with E-state index in [2.05, 4.69) is 63.9 Å². The van der Waals surface area contributed by atoms with Gasteiger partial charge in [0.05, 0.1) is 8.07 Å². The fourth-order valence-electron chi connectivity index (χ4n) is 3.06. The summed E-state index contributed by atoms with van der Waals surface area (Å²) in [6.45, 7) is 13.6. The van der Waals surface area contributed by atoms with Crippen LogP contribution in [0, 0.1) is 13.8 Å². The van der Waals surface area contributed by atoms with Crippen LogP contribution >= 0.6 is 0 Å². The van der Waals surface area contributed by atoms with Crippen molar-refractivity contribution < 1.29 is 4.74 Å². The first kappa shape index (κ1) is 15.8. The Balaban J connectivity index is 2.31. The molecule has 0 radical (unpaired) electrons. The molecule has 0 unspecified atom stereocenters. The summed E-state index contributed by atoms with van der Waals surface area (Å²) in [5.74, 6) is 1.06. The highest BCUT2D eigenvalue weighted by atomic mass is 28.3. The molecule has 0 amide bonds. The van der Waals surface area contributed by atoms with Gasteiger partial charge in [-0.1, -0.05) is 66.9 Å². The Morgan fingerprint density at radius 1 is 1.29 bits per heavy atom. The van der Waals surface area contributed by atoms with Crippen molar-refractivity contribution in [3.8, 4) is 5.75 Å². The number of ether oxygens (including phenoxy) is 1. The highest BCUT2D eigenvalue weighted by Gasteiger charge is 2.28. The minimum absolute atomic E-state index is 0.573. The zero-order chi connectivity index (χ0) is 15.5. The third-order valence-corrected chi connectivity index (χ3v) is 7.49. The average Bonchev–Trinajstić information content (AvgIpc) is 2.91. The molecule has 1 aliphatic rings. The Bertz CT molecular complexity index is 594. The standard InChI is InChI=1S/C19H26OSi/c1-6-11-20-19-16(3)12-15(2)13-17(19)14-21(4,5)18-9-7-8-10-18/h6-9,12-13H,1,10-11,14H2,2-5H3. The number of allylic oxidation sites excluding steroid dienone is 4. The van der Waals surface area contributed by atoms with Crippen LogP contribution in [-0.2, 0) is 6.04 Å². The van der Waals surface area contributed by atoms with Crippen molar-refractivity contribution in [3.63, 3.8) is 0 Å². The second-order valence-electron chi connectivity index (χ2n) is 6.55. The van der Waals surface area contributed by atoms with Crippen molar-refractivity contribution in [1.29, 1.82) is 0 Å². The van der Waals surface area contributed by atoms with E-state index in [1.54, 1.807) is 5.20 Å². The van der Waals surface area contributed by atoms with Gasteiger partial charge in [0.1, 0.15) is 12.4 Å². The van der Waals surface area contributed by atoms with E-state index in [4.69, 9.17) is 4.74 Å². The number of rotatable bonds is 6. The summed E-state index contributed by atoms with van der Waals surface area (Å²) in [4.78, 5) is 0. The van der Waals surface area contributed by atoms with Gasteiger partial charge in [-0.3, -0.25) is 0 Å². The molecule has 2 heteroatoms. The summed E-state index contributed by atoms with van der Waals surface area (Å²) >= 11 is 0. The molecule has 0 aromatic heterocycles. The van der Waals surface area contributed by atoms with Gasteiger partial charge in [0, 0.05) is 0 Å². The van der Waals surface area contributed by atoms with E-state index in [0.717, 1.165) is 18.2 Å². The molecule has 0 aliphatic heterocycles. The maximum atomic E-state index is 5.95. The van der Waals surface area contributed by atoms with Crippen LogP contribution in [0.2, 0.25) is 13.1 Å². The predicted molar refractivity (Wildman–Crippen MR) is 94.6 cm³/mol. The quantitative estimate of drug-likeness (QED) is 0.525. The van der Waals surface area contributed by atoms with Crippen LogP contribution in [0.1, 0.15) is 23.1 Å². The molecule has 1 aliphatic carbocycles. The summed E-state index contributed by atoms with van der Waals surface area (Å²) in [6.07, 6.45) is 9.72. The topological polar surface area (TPSA) is 9.23 Å². The third-order valence-electron chi connectivity index (χ3n) is 4.11. The second-order valence-corrected chi connectivity index (χ2v) is 11.3. The minimum Gasteiger partial charge on any atom is -0.489 e. The van der Waals surface area contributed by atoms with Crippen LogP contribution in [0.25, 0.3) is 0 Å². The van der Waals surface area contributed by atoms with Gasteiger partial charge in [-0.05, 0) is 37.4 Å². The molecule has 0 saturated heterocycles. The number of benzene rings is 1. The van der Waals surface area contributed by atoms with E-state index in [-0.39, 0.29) is 0 Å². The molecular weight excluding hydrogens is 272 g/mol. The van der Waals surface area contributed by atoms with Crippen molar-refractivity contribution in [2.75, 3.05) is 6.61 Å². The lowest BCUT2D eigenvalue weighted by molar-refractivity contribution is 0.357. The van der Waals surface area contributed by atoms with Gasteiger partial charge in [-0.15, -0.1) is 0 Å². The summed E-state index contributed by atoms with van der Waals surface area (Å²) in [7, 11) is -1.43. The maximum absolute atomic E-state index is 5.95. The molecule has 0 N–H and O–H groups in total. The lowest BCUT2D eigenvalue weighted by atomic mass is 10.1. The van der Waals surface area contributed by atoms with Crippen LogP contribution in [0.3, 0.4) is 0 Å². The third kappa shape index (κ3) is 3.76. The normalized spacial score (nSPS) is 14.2. The number of aryl methyl sites for hydroxylation is 2. The van der Waals surface area contributed by atoms with Crippen LogP contribution in [0.4, 0.5) is 0 Å². The monoisotopic (exact) mass is 298 g/mol. The van der Waals surface area contributed by atoms with Crippen LogP contribution in [0.5, 0.6) is 5.75 Å². The first-order valence-electron chi connectivity index (χ1n) is 7.64. The Kier molecular flexibility index (Phi) is 4.89. The van der Waals surface area contributed by atoms with Crippen molar-refractivity contribution in [1.82, 2.24) is 0 Å². The molecule has 0 saturated carbocycles. The van der Waals surface area contributed by atoms with Crippen molar-refractivity contribution in [3.05, 3.63) is 64.9 Å². The molecule has 0 bridgehead atoms. The molecule has 0 atom stereocenters. The van der Waals surface area contributed by atoms with Gasteiger partial charge in [-0.25, -0.2) is 0 Å². The van der Waals surface area contributed by atoms with Crippen molar-refractivity contribution in [2.24, 2.45) is 0 Å². The summed E-state index contributed by atoms with van der Waals surface area (Å²) in [5, 5.41) is 1.64.